The highest BCUT2D eigenvalue weighted by molar-refractivity contribution is 6.01. The minimum atomic E-state index is -0.561. The number of benzene rings is 2. The summed E-state index contributed by atoms with van der Waals surface area (Å²) in [5.41, 5.74) is 7.01. The molecule has 0 aliphatic carbocycles. The van der Waals surface area contributed by atoms with Crippen molar-refractivity contribution >= 4 is 22.5 Å². The Hall–Kier alpha value is -3.47. The fourth-order valence-corrected chi connectivity index (χ4v) is 5.67. The summed E-state index contributed by atoms with van der Waals surface area (Å²) in [5.74, 6) is -0.211. The number of fused-ring (bicyclic) bond motifs is 2. The first-order valence-corrected chi connectivity index (χ1v) is 13.3. The Morgan fingerprint density at radius 2 is 1.97 bits per heavy atom. The number of hydrogen-bond acceptors (Lipinski definition) is 7. The van der Waals surface area contributed by atoms with Crippen molar-refractivity contribution in [3.8, 4) is 17.2 Å². The van der Waals surface area contributed by atoms with E-state index in [9.17, 15) is 9.59 Å². The lowest BCUT2D eigenvalue weighted by Gasteiger charge is -2.32. The molecule has 3 aromatic rings. The molecule has 10 heteroatoms. The van der Waals surface area contributed by atoms with Gasteiger partial charge in [0.25, 0.3) is 5.91 Å². The summed E-state index contributed by atoms with van der Waals surface area (Å²) in [6.07, 6.45) is 3.09. The van der Waals surface area contributed by atoms with Gasteiger partial charge in [0.2, 0.25) is 5.43 Å². The highest BCUT2D eigenvalue weighted by Gasteiger charge is 2.32. The number of hydrogen-bond donors (Lipinski definition) is 2. The number of rotatable bonds is 6. The van der Waals surface area contributed by atoms with Gasteiger partial charge in [-0.15, -0.1) is 0 Å². The monoisotopic (exact) mass is 520 g/mol. The molecule has 1 aromatic heterocycles. The van der Waals surface area contributed by atoms with Crippen LogP contribution in [0.15, 0.2) is 41.3 Å². The number of pyridine rings is 1. The molecule has 0 spiro atoms. The third-order valence-electron chi connectivity index (χ3n) is 7.83. The summed E-state index contributed by atoms with van der Waals surface area (Å²) in [7, 11) is 2.12. The average Bonchev–Trinajstić information content (AvgIpc) is 3.34. The number of nitrogens with zero attached hydrogens (tertiary/aromatic N) is 4. The molecule has 2 fully saturated rings. The SMILES string of the molecule is CN1CCN(CCCNC(=O)c2cn3c4c(c(N5CCC(N)C5)c(F)cc4c2=O)Oc2ccccc2-3)CC1. The van der Waals surface area contributed by atoms with Crippen molar-refractivity contribution < 1.29 is 13.9 Å². The van der Waals surface area contributed by atoms with Crippen LogP contribution in [0.2, 0.25) is 0 Å². The average molecular weight is 521 g/mol. The molecule has 4 heterocycles. The second kappa shape index (κ2) is 10.0. The molecule has 9 nitrogen and oxygen atoms in total. The molecule has 3 aliphatic heterocycles. The van der Waals surface area contributed by atoms with Gasteiger partial charge in [0, 0.05) is 58.1 Å². The Bertz CT molecular complexity index is 1450. The van der Waals surface area contributed by atoms with E-state index >= 15 is 4.39 Å². The van der Waals surface area contributed by atoms with E-state index < -0.39 is 17.2 Å². The van der Waals surface area contributed by atoms with E-state index in [1.807, 2.05) is 23.1 Å². The number of para-hydroxylation sites is 2. The molecule has 38 heavy (non-hydrogen) atoms. The molecular weight excluding hydrogens is 487 g/mol. The van der Waals surface area contributed by atoms with Crippen LogP contribution in [-0.4, -0.2) is 85.7 Å². The van der Waals surface area contributed by atoms with Crippen molar-refractivity contribution in [2.75, 3.05) is 64.3 Å². The molecule has 0 saturated carbocycles. The van der Waals surface area contributed by atoms with Crippen LogP contribution in [0.5, 0.6) is 11.5 Å². The molecule has 2 saturated heterocycles. The van der Waals surface area contributed by atoms with Crippen LogP contribution in [-0.2, 0) is 0 Å². The topological polar surface area (TPSA) is 96.1 Å². The van der Waals surface area contributed by atoms with Gasteiger partial charge in [0.05, 0.1) is 11.1 Å². The van der Waals surface area contributed by atoms with E-state index in [1.165, 1.54) is 6.07 Å². The van der Waals surface area contributed by atoms with Crippen LogP contribution in [0.1, 0.15) is 23.2 Å². The van der Waals surface area contributed by atoms with Crippen molar-refractivity contribution in [2.24, 2.45) is 5.73 Å². The zero-order chi connectivity index (χ0) is 26.4. The minimum absolute atomic E-state index is 0.0184. The van der Waals surface area contributed by atoms with Crippen LogP contribution >= 0.6 is 0 Å². The molecular formula is C28H33FN6O3. The lowest BCUT2D eigenvalue weighted by atomic mass is 10.1. The number of amides is 1. The van der Waals surface area contributed by atoms with Gasteiger partial charge in [-0.05, 0) is 44.6 Å². The molecule has 0 bridgehead atoms. The van der Waals surface area contributed by atoms with Gasteiger partial charge in [-0.2, -0.15) is 0 Å². The molecule has 200 valence electrons. The number of piperazine rings is 1. The predicted octanol–water partition coefficient (Wildman–Crippen LogP) is 2.14. The maximum absolute atomic E-state index is 15.6. The van der Waals surface area contributed by atoms with Crippen LogP contribution in [0.3, 0.4) is 0 Å². The summed E-state index contributed by atoms with van der Waals surface area (Å²) >= 11 is 0. The molecule has 6 rings (SSSR count). The van der Waals surface area contributed by atoms with Crippen molar-refractivity contribution in [1.82, 2.24) is 19.7 Å². The van der Waals surface area contributed by atoms with Gasteiger partial charge in [0.15, 0.2) is 17.3 Å². The van der Waals surface area contributed by atoms with E-state index in [0.29, 0.717) is 42.3 Å². The number of likely N-dealkylation sites (N-methyl/N-ethyl adjacent to an activating group) is 1. The lowest BCUT2D eigenvalue weighted by Crippen LogP contribution is -2.45. The number of carbonyl (C=O) groups is 1. The Morgan fingerprint density at radius 3 is 2.74 bits per heavy atom. The maximum atomic E-state index is 15.6. The normalized spacial score (nSPS) is 19.4. The van der Waals surface area contributed by atoms with Crippen LogP contribution < -0.4 is 26.1 Å². The summed E-state index contributed by atoms with van der Waals surface area (Å²) in [6.45, 7) is 6.55. The van der Waals surface area contributed by atoms with Crippen molar-refractivity contribution in [2.45, 2.75) is 18.9 Å². The first-order valence-electron chi connectivity index (χ1n) is 13.3. The van der Waals surface area contributed by atoms with Gasteiger partial charge in [-0.1, -0.05) is 12.1 Å². The quantitative estimate of drug-likeness (QED) is 0.376. The van der Waals surface area contributed by atoms with Gasteiger partial charge in [0.1, 0.15) is 16.8 Å². The Labute approximate surface area is 220 Å². The third kappa shape index (κ3) is 4.42. The molecule has 1 amide bonds. The number of carbonyl (C=O) groups excluding carboxylic acids is 1. The number of halogens is 1. The Kier molecular flexibility index (Phi) is 6.55. The van der Waals surface area contributed by atoms with Gasteiger partial charge >= 0.3 is 0 Å². The molecule has 0 radical (unpaired) electrons. The molecule has 2 aromatic carbocycles. The highest BCUT2D eigenvalue weighted by atomic mass is 19.1. The van der Waals surface area contributed by atoms with Crippen LogP contribution in [0.25, 0.3) is 16.6 Å². The van der Waals surface area contributed by atoms with Crippen LogP contribution in [0.4, 0.5) is 10.1 Å². The third-order valence-corrected chi connectivity index (χ3v) is 7.83. The van der Waals surface area contributed by atoms with E-state index in [2.05, 4.69) is 22.2 Å². The van der Waals surface area contributed by atoms with Crippen molar-refractivity contribution in [3.05, 3.63) is 58.1 Å². The molecule has 3 N–H and O–H groups in total. The summed E-state index contributed by atoms with van der Waals surface area (Å²) < 4.78 is 23.6. The van der Waals surface area contributed by atoms with Crippen molar-refractivity contribution in [1.29, 1.82) is 0 Å². The fourth-order valence-electron chi connectivity index (χ4n) is 5.67. The summed E-state index contributed by atoms with van der Waals surface area (Å²) in [4.78, 5) is 33.3. The van der Waals surface area contributed by atoms with Crippen LogP contribution in [0, 0.1) is 5.82 Å². The zero-order valence-corrected chi connectivity index (χ0v) is 21.6. The maximum Gasteiger partial charge on any atom is 0.256 e. The van der Waals surface area contributed by atoms with Gasteiger partial charge in [-0.3, -0.25) is 9.59 Å². The van der Waals surface area contributed by atoms with Gasteiger partial charge < -0.3 is 35.1 Å². The smallest absolute Gasteiger partial charge is 0.256 e. The fraction of sp³-hybridized carbons (Fsp3) is 0.429. The standard InChI is InChI=1S/C28H33FN6O3/c1-32-11-13-33(14-12-32)9-4-8-31-28(37)20-17-35-22-5-2-3-6-23(22)38-27-24(35)19(26(20)36)15-21(29)25(27)34-10-7-18(30)16-34/h2-3,5-6,15,17-18H,4,7-14,16,30H2,1H3,(H,31,37). The van der Waals surface area contributed by atoms with E-state index in [0.717, 1.165) is 45.6 Å². The predicted molar refractivity (Wildman–Crippen MR) is 145 cm³/mol. The Balaban J connectivity index is 1.33. The summed E-state index contributed by atoms with van der Waals surface area (Å²) in [5, 5.41) is 3.02. The minimum Gasteiger partial charge on any atom is -0.451 e. The summed E-state index contributed by atoms with van der Waals surface area (Å²) in [6, 6.07) is 8.52. The number of ether oxygens (including phenoxy) is 1. The van der Waals surface area contributed by atoms with E-state index in [-0.39, 0.29) is 22.7 Å². The molecule has 3 aliphatic rings. The number of aromatic nitrogens is 1. The number of anilines is 1. The number of nitrogens with one attached hydrogen (secondary N) is 1. The molecule has 1 atom stereocenters. The second-order valence-electron chi connectivity index (χ2n) is 10.5. The van der Waals surface area contributed by atoms with E-state index in [1.54, 1.807) is 16.8 Å². The Morgan fingerprint density at radius 1 is 1.18 bits per heavy atom. The first kappa shape index (κ1) is 24.8. The first-order chi connectivity index (χ1) is 18.4. The lowest BCUT2D eigenvalue weighted by molar-refractivity contribution is 0.0948. The largest absolute Gasteiger partial charge is 0.451 e. The molecule has 1 unspecified atom stereocenters. The zero-order valence-electron chi connectivity index (χ0n) is 21.6. The number of nitrogens with two attached hydrogens (primary N) is 1. The highest BCUT2D eigenvalue weighted by Crippen LogP contribution is 2.46. The van der Waals surface area contributed by atoms with E-state index in [4.69, 9.17) is 10.5 Å². The second-order valence-corrected chi connectivity index (χ2v) is 10.5. The van der Waals surface area contributed by atoms with Crippen molar-refractivity contribution in [3.63, 3.8) is 0 Å². The van der Waals surface area contributed by atoms with Gasteiger partial charge in [-0.25, -0.2) is 4.39 Å².